The number of benzene rings is 2. The summed E-state index contributed by atoms with van der Waals surface area (Å²) in [6.45, 7) is 2.38. The van der Waals surface area contributed by atoms with Gasteiger partial charge in [-0.15, -0.1) is 0 Å². The van der Waals surface area contributed by atoms with Crippen molar-refractivity contribution < 1.29 is 24.2 Å². The van der Waals surface area contributed by atoms with Gasteiger partial charge < -0.3 is 19.9 Å². The molecule has 8 nitrogen and oxygen atoms in total. The van der Waals surface area contributed by atoms with E-state index in [4.69, 9.17) is 32.7 Å². The van der Waals surface area contributed by atoms with Crippen molar-refractivity contribution in [2.45, 2.75) is 38.6 Å². The highest BCUT2D eigenvalue weighted by atomic mass is 35.5. The molecule has 2 fully saturated rings. The summed E-state index contributed by atoms with van der Waals surface area (Å²) in [6.07, 6.45) is 4.25. The molecule has 2 aromatic carbocycles. The van der Waals surface area contributed by atoms with E-state index in [-0.39, 0.29) is 28.2 Å². The molecule has 2 aliphatic carbocycles. The number of nitrogens with one attached hydrogen (secondary N) is 1. The Bertz CT molecular complexity index is 1310. The molecule has 36 heavy (non-hydrogen) atoms. The molecule has 3 unspecified atom stereocenters. The van der Waals surface area contributed by atoms with E-state index in [0.717, 1.165) is 19.3 Å². The maximum Gasteiger partial charge on any atom is 0.343 e. The van der Waals surface area contributed by atoms with Gasteiger partial charge in [0.05, 0.1) is 17.3 Å². The Morgan fingerprint density at radius 3 is 2.47 bits per heavy atom. The fraction of sp³-hybridized carbons (Fsp3) is 0.346. The van der Waals surface area contributed by atoms with E-state index < -0.39 is 11.9 Å². The number of hydrogen-bond donors (Lipinski definition) is 2. The summed E-state index contributed by atoms with van der Waals surface area (Å²) in [7, 11) is 0. The van der Waals surface area contributed by atoms with Crippen molar-refractivity contribution >= 4 is 35.1 Å². The fourth-order valence-electron chi connectivity index (χ4n) is 5.21. The van der Waals surface area contributed by atoms with Crippen LogP contribution in [0.2, 0.25) is 10.0 Å². The molecule has 2 bridgehead atoms. The summed E-state index contributed by atoms with van der Waals surface area (Å²) in [6, 6.07) is 11.4. The molecule has 2 N–H and O–H groups in total. The molecular formula is C26H25Cl2N3O5. The highest BCUT2D eigenvalue weighted by Gasteiger charge is 2.41. The first-order valence-corrected chi connectivity index (χ1v) is 12.6. The largest absolute Gasteiger partial charge is 0.494 e. The number of carboxylic acids is 1. The van der Waals surface area contributed by atoms with Crippen molar-refractivity contribution in [1.82, 2.24) is 15.1 Å². The van der Waals surface area contributed by atoms with Crippen LogP contribution in [0.15, 0.2) is 42.5 Å². The Morgan fingerprint density at radius 1 is 1.11 bits per heavy atom. The summed E-state index contributed by atoms with van der Waals surface area (Å²) in [5.74, 6) is -0.0248. The van der Waals surface area contributed by atoms with Crippen molar-refractivity contribution in [3.05, 3.63) is 63.8 Å². The molecule has 1 amide bonds. The maximum absolute atomic E-state index is 13.3. The third-order valence-electron chi connectivity index (χ3n) is 6.81. The Balaban J connectivity index is 1.56. The molecular weight excluding hydrogens is 505 g/mol. The van der Waals surface area contributed by atoms with Crippen molar-refractivity contribution in [2.24, 2.45) is 11.8 Å². The number of ether oxygens (including phenoxy) is 2. The van der Waals surface area contributed by atoms with Gasteiger partial charge in [-0.3, -0.25) is 4.79 Å². The normalized spacial score (nSPS) is 20.4. The van der Waals surface area contributed by atoms with E-state index in [2.05, 4.69) is 10.4 Å². The Labute approximate surface area is 218 Å². The predicted molar refractivity (Wildman–Crippen MR) is 135 cm³/mol. The Morgan fingerprint density at radius 2 is 1.86 bits per heavy atom. The number of carbonyl (C=O) groups excluding carboxylic acids is 1. The van der Waals surface area contributed by atoms with Crippen LogP contribution in [0, 0.1) is 11.8 Å². The minimum absolute atomic E-state index is 0.0117. The Kier molecular flexibility index (Phi) is 6.81. The van der Waals surface area contributed by atoms with Gasteiger partial charge in [-0.1, -0.05) is 29.6 Å². The van der Waals surface area contributed by atoms with E-state index >= 15 is 0 Å². The van der Waals surface area contributed by atoms with Crippen LogP contribution in [-0.4, -0.2) is 39.4 Å². The molecule has 0 radical (unpaired) electrons. The van der Waals surface area contributed by atoms with Crippen molar-refractivity contribution in [2.75, 3.05) is 6.61 Å². The molecule has 0 spiro atoms. The average Bonchev–Trinajstić information content (AvgIpc) is 3.55. The number of aromatic nitrogens is 2. The van der Waals surface area contributed by atoms with Crippen LogP contribution in [0.5, 0.6) is 17.4 Å². The number of carbonyl (C=O) groups is 2. The maximum atomic E-state index is 13.3. The lowest BCUT2D eigenvalue weighted by atomic mass is 9.95. The quantitative estimate of drug-likeness (QED) is 0.371. The van der Waals surface area contributed by atoms with Crippen molar-refractivity contribution in [1.29, 1.82) is 0 Å². The SMILES string of the molecule is CCOc1ccc(Oc2c(C(=O)O)c(C(=O)NC3CC4CCC3C4)nn2-c2ccc(Cl)cc2Cl)cc1. The molecule has 1 heterocycles. The second-order valence-electron chi connectivity index (χ2n) is 9.10. The number of rotatable bonds is 8. The number of carboxylic acid groups (broad SMARTS) is 1. The van der Waals surface area contributed by atoms with Gasteiger partial charge in [0, 0.05) is 11.1 Å². The van der Waals surface area contributed by atoms with E-state index in [0.29, 0.717) is 40.7 Å². The lowest BCUT2D eigenvalue weighted by Gasteiger charge is -2.22. The van der Waals surface area contributed by atoms with Crippen LogP contribution in [-0.2, 0) is 0 Å². The summed E-state index contributed by atoms with van der Waals surface area (Å²) < 4.78 is 12.7. The molecule has 5 rings (SSSR count). The van der Waals surface area contributed by atoms with Gasteiger partial charge in [0.25, 0.3) is 5.91 Å². The second-order valence-corrected chi connectivity index (χ2v) is 9.95. The molecule has 1 aromatic heterocycles. The third kappa shape index (κ3) is 4.75. The molecule has 2 aliphatic rings. The molecule has 3 atom stereocenters. The highest BCUT2D eigenvalue weighted by Crippen LogP contribution is 2.44. The third-order valence-corrected chi connectivity index (χ3v) is 7.35. The topological polar surface area (TPSA) is 103 Å². The van der Waals surface area contributed by atoms with Gasteiger partial charge in [0.1, 0.15) is 11.5 Å². The zero-order valence-corrected chi connectivity index (χ0v) is 21.1. The van der Waals surface area contributed by atoms with Gasteiger partial charge in [0.15, 0.2) is 11.3 Å². The number of halogens is 2. The zero-order chi connectivity index (χ0) is 25.4. The van der Waals surface area contributed by atoms with Gasteiger partial charge >= 0.3 is 5.97 Å². The van der Waals surface area contributed by atoms with E-state index in [1.165, 1.54) is 17.2 Å². The zero-order valence-electron chi connectivity index (χ0n) is 19.5. The molecule has 188 valence electrons. The lowest BCUT2D eigenvalue weighted by Crippen LogP contribution is -2.39. The number of hydrogen-bond acceptors (Lipinski definition) is 5. The summed E-state index contributed by atoms with van der Waals surface area (Å²) in [5, 5.41) is 18.2. The number of fused-ring (bicyclic) bond motifs is 2. The minimum Gasteiger partial charge on any atom is -0.494 e. The molecule has 0 aliphatic heterocycles. The minimum atomic E-state index is -1.34. The molecule has 10 heteroatoms. The van der Waals surface area contributed by atoms with Crippen LogP contribution in [0.3, 0.4) is 0 Å². The summed E-state index contributed by atoms with van der Waals surface area (Å²) in [5.41, 5.74) is -0.267. The van der Waals surface area contributed by atoms with Gasteiger partial charge in [0.2, 0.25) is 5.88 Å². The van der Waals surface area contributed by atoms with Crippen LogP contribution in [0.25, 0.3) is 5.69 Å². The van der Waals surface area contributed by atoms with Crippen molar-refractivity contribution in [3.63, 3.8) is 0 Å². The highest BCUT2D eigenvalue weighted by molar-refractivity contribution is 6.35. The Hall–Kier alpha value is -3.23. The smallest absolute Gasteiger partial charge is 0.343 e. The van der Waals surface area contributed by atoms with Gasteiger partial charge in [-0.2, -0.15) is 9.78 Å². The van der Waals surface area contributed by atoms with Gasteiger partial charge in [-0.25, -0.2) is 4.79 Å². The standard InChI is InChI=1S/C26H25Cl2N3O5/c1-2-35-17-6-8-18(9-7-17)36-25-22(26(33)34)23(24(32)29-20-12-14-3-4-15(20)11-14)30-31(25)21-10-5-16(27)13-19(21)28/h5-10,13-15,20H,2-4,11-12H2,1H3,(H,29,32)(H,33,34). The summed E-state index contributed by atoms with van der Waals surface area (Å²) >= 11 is 12.5. The van der Waals surface area contributed by atoms with E-state index in [9.17, 15) is 14.7 Å². The lowest BCUT2D eigenvalue weighted by molar-refractivity contribution is 0.0687. The first-order chi connectivity index (χ1) is 17.3. The number of amides is 1. The monoisotopic (exact) mass is 529 g/mol. The van der Waals surface area contributed by atoms with Gasteiger partial charge in [-0.05, 0) is 80.5 Å². The van der Waals surface area contributed by atoms with Crippen LogP contribution >= 0.6 is 23.2 Å². The van der Waals surface area contributed by atoms with Crippen molar-refractivity contribution in [3.8, 4) is 23.1 Å². The molecule has 0 saturated heterocycles. The van der Waals surface area contributed by atoms with Crippen LogP contribution in [0.1, 0.15) is 53.5 Å². The fourth-order valence-corrected chi connectivity index (χ4v) is 5.69. The summed E-state index contributed by atoms with van der Waals surface area (Å²) in [4.78, 5) is 25.8. The first kappa shape index (κ1) is 24.5. The molecule has 2 saturated carbocycles. The number of nitrogens with zero attached hydrogens (tertiary/aromatic N) is 2. The molecule has 3 aromatic rings. The van der Waals surface area contributed by atoms with E-state index in [1.807, 2.05) is 6.92 Å². The van der Waals surface area contributed by atoms with Crippen LogP contribution in [0.4, 0.5) is 0 Å². The first-order valence-electron chi connectivity index (χ1n) is 11.9. The average molecular weight is 530 g/mol. The number of aromatic carboxylic acids is 1. The van der Waals surface area contributed by atoms with E-state index in [1.54, 1.807) is 36.4 Å². The van der Waals surface area contributed by atoms with Crippen LogP contribution < -0.4 is 14.8 Å². The second kappa shape index (κ2) is 10.0. The predicted octanol–water partition coefficient (Wildman–Crippen LogP) is 5.99.